The molecule has 1 saturated heterocycles. The number of amides is 1. The molecule has 6 nitrogen and oxygen atoms in total. The van der Waals surface area contributed by atoms with Crippen molar-refractivity contribution in [3.63, 3.8) is 0 Å². The molecule has 102 valence electrons. The summed E-state index contributed by atoms with van der Waals surface area (Å²) < 4.78 is 1.15. The molecule has 1 amide bonds. The molecule has 1 aromatic heterocycles. The van der Waals surface area contributed by atoms with Gasteiger partial charge in [0.25, 0.3) is 5.56 Å². The maximum Gasteiger partial charge on any atom is 0.337 e. The first kappa shape index (κ1) is 13.3. The van der Waals surface area contributed by atoms with E-state index in [2.05, 4.69) is 0 Å². The van der Waals surface area contributed by atoms with E-state index < -0.39 is 5.97 Å². The van der Waals surface area contributed by atoms with E-state index in [0.717, 1.165) is 23.8 Å². The molecule has 2 rings (SSSR count). The lowest BCUT2D eigenvalue weighted by molar-refractivity contribution is -0.132. The summed E-state index contributed by atoms with van der Waals surface area (Å²) in [5.41, 5.74) is -0.360. The van der Waals surface area contributed by atoms with Gasteiger partial charge in [-0.2, -0.15) is 0 Å². The minimum absolute atomic E-state index is 0.00560. The van der Waals surface area contributed by atoms with Gasteiger partial charge in [-0.15, -0.1) is 0 Å². The number of likely N-dealkylation sites (tertiary alicyclic amines) is 1. The average molecular weight is 264 g/mol. The molecule has 0 radical (unpaired) electrons. The summed E-state index contributed by atoms with van der Waals surface area (Å²) in [5, 5.41) is 8.87. The number of nitrogens with zero attached hydrogens (tertiary/aromatic N) is 2. The lowest BCUT2D eigenvalue weighted by atomic mass is 10.1. The van der Waals surface area contributed by atoms with Crippen molar-refractivity contribution in [2.75, 3.05) is 13.1 Å². The van der Waals surface area contributed by atoms with E-state index in [1.54, 1.807) is 4.90 Å². The smallest absolute Gasteiger partial charge is 0.337 e. The molecule has 1 aromatic rings. The van der Waals surface area contributed by atoms with E-state index in [1.165, 1.54) is 18.3 Å². The summed E-state index contributed by atoms with van der Waals surface area (Å²) in [4.78, 5) is 36.2. The van der Waals surface area contributed by atoms with Gasteiger partial charge in [0.15, 0.2) is 0 Å². The molecule has 1 fully saturated rings. The SMILES string of the molecule is O=C(O)c1ccc(=O)n(CC(=O)N2CCCCC2)c1. The predicted octanol–water partition coefficient (Wildman–Crippen LogP) is 0.559. The summed E-state index contributed by atoms with van der Waals surface area (Å²) in [7, 11) is 0. The van der Waals surface area contributed by atoms with Crippen LogP contribution in [0.15, 0.2) is 23.1 Å². The third kappa shape index (κ3) is 3.21. The van der Waals surface area contributed by atoms with Crippen LogP contribution in [0.25, 0.3) is 0 Å². The number of carbonyl (C=O) groups excluding carboxylic acids is 1. The molecular weight excluding hydrogens is 248 g/mol. The molecule has 0 spiro atoms. The topological polar surface area (TPSA) is 79.6 Å². The number of aromatic nitrogens is 1. The first-order valence-corrected chi connectivity index (χ1v) is 6.29. The largest absolute Gasteiger partial charge is 0.478 e. The van der Waals surface area contributed by atoms with Crippen LogP contribution in [-0.4, -0.2) is 39.5 Å². The first-order chi connectivity index (χ1) is 9.08. The monoisotopic (exact) mass is 264 g/mol. The molecule has 1 aliphatic heterocycles. The highest BCUT2D eigenvalue weighted by Crippen LogP contribution is 2.09. The highest BCUT2D eigenvalue weighted by atomic mass is 16.4. The lowest BCUT2D eigenvalue weighted by Gasteiger charge is -2.26. The van der Waals surface area contributed by atoms with Crippen LogP contribution >= 0.6 is 0 Å². The van der Waals surface area contributed by atoms with Gasteiger partial charge in [0.05, 0.1) is 5.56 Å². The zero-order valence-electron chi connectivity index (χ0n) is 10.5. The van der Waals surface area contributed by atoms with Crippen molar-refractivity contribution in [2.45, 2.75) is 25.8 Å². The van der Waals surface area contributed by atoms with Crippen LogP contribution in [0.3, 0.4) is 0 Å². The highest BCUT2D eigenvalue weighted by molar-refractivity contribution is 5.87. The van der Waals surface area contributed by atoms with Crippen molar-refractivity contribution in [1.29, 1.82) is 0 Å². The molecular formula is C13H16N2O4. The van der Waals surface area contributed by atoms with E-state index >= 15 is 0 Å². The Labute approximate surface area is 110 Å². The van der Waals surface area contributed by atoms with Gasteiger partial charge in [0.2, 0.25) is 5.91 Å². The Morgan fingerprint density at radius 3 is 2.47 bits per heavy atom. The average Bonchev–Trinajstić information content (AvgIpc) is 2.42. The van der Waals surface area contributed by atoms with Gasteiger partial charge < -0.3 is 14.6 Å². The fourth-order valence-electron chi connectivity index (χ4n) is 2.17. The van der Waals surface area contributed by atoms with Gasteiger partial charge >= 0.3 is 5.97 Å². The summed E-state index contributed by atoms with van der Waals surface area (Å²) in [5.74, 6) is -1.25. The Balaban J connectivity index is 2.13. The van der Waals surface area contributed by atoms with Gasteiger partial charge in [0.1, 0.15) is 6.54 Å². The minimum atomic E-state index is -1.11. The fourth-order valence-corrected chi connectivity index (χ4v) is 2.17. The third-order valence-electron chi connectivity index (χ3n) is 3.24. The summed E-state index contributed by atoms with van der Waals surface area (Å²) >= 11 is 0. The van der Waals surface area contributed by atoms with Gasteiger partial charge in [-0.1, -0.05) is 0 Å². The van der Waals surface area contributed by atoms with Crippen LogP contribution < -0.4 is 5.56 Å². The molecule has 1 N–H and O–H groups in total. The van der Waals surface area contributed by atoms with Crippen molar-refractivity contribution in [3.05, 3.63) is 34.2 Å². The number of carbonyl (C=O) groups is 2. The fraction of sp³-hybridized carbons (Fsp3) is 0.462. The second-order valence-corrected chi connectivity index (χ2v) is 4.63. The van der Waals surface area contributed by atoms with Crippen molar-refractivity contribution in [1.82, 2.24) is 9.47 Å². The predicted molar refractivity (Wildman–Crippen MR) is 68.1 cm³/mol. The Morgan fingerprint density at radius 2 is 1.84 bits per heavy atom. The zero-order chi connectivity index (χ0) is 13.8. The number of pyridine rings is 1. The zero-order valence-corrected chi connectivity index (χ0v) is 10.5. The van der Waals surface area contributed by atoms with E-state index in [9.17, 15) is 14.4 Å². The minimum Gasteiger partial charge on any atom is -0.478 e. The number of piperidine rings is 1. The van der Waals surface area contributed by atoms with Gasteiger partial charge in [-0.3, -0.25) is 9.59 Å². The van der Waals surface area contributed by atoms with E-state index in [-0.39, 0.29) is 23.6 Å². The van der Waals surface area contributed by atoms with Crippen LogP contribution in [0.1, 0.15) is 29.6 Å². The molecule has 19 heavy (non-hydrogen) atoms. The van der Waals surface area contributed by atoms with Crippen LogP contribution in [0.2, 0.25) is 0 Å². The van der Waals surface area contributed by atoms with Crippen molar-refractivity contribution in [3.8, 4) is 0 Å². The van der Waals surface area contributed by atoms with Crippen LogP contribution in [0.4, 0.5) is 0 Å². The van der Waals surface area contributed by atoms with Gasteiger partial charge in [0, 0.05) is 25.4 Å². The molecule has 1 aliphatic rings. The summed E-state index contributed by atoms with van der Waals surface area (Å²) in [6.07, 6.45) is 4.30. The molecule has 0 aliphatic carbocycles. The number of hydrogen-bond acceptors (Lipinski definition) is 3. The third-order valence-corrected chi connectivity index (χ3v) is 3.24. The van der Waals surface area contributed by atoms with E-state index in [4.69, 9.17) is 5.11 Å². The Kier molecular flexibility index (Phi) is 3.99. The number of hydrogen-bond donors (Lipinski definition) is 1. The number of carboxylic acid groups (broad SMARTS) is 1. The van der Waals surface area contributed by atoms with Crippen LogP contribution in [0.5, 0.6) is 0 Å². The summed E-state index contributed by atoms with van der Waals surface area (Å²) in [6, 6.07) is 2.42. The normalized spacial score (nSPS) is 15.3. The molecule has 0 aromatic carbocycles. The second kappa shape index (κ2) is 5.69. The molecule has 0 bridgehead atoms. The van der Waals surface area contributed by atoms with Crippen LogP contribution in [-0.2, 0) is 11.3 Å². The van der Waals surface area contributed by atoms with E-state index in [1.807, 2.05) is 0 Å². The maximum absolute atomic E-state index is 12.0. The Morgan fingerprint density at radius 1 is 1.16 bits per heavy atom. The second-order valence-electron chi connectivity index (χ2n) is 4.63. The molecule has 0 unspecified atom stereocenters. The highest BCUT2D eigenvalue weighted by Gasteiger charge is 2.17. The quantitative estimate of drug-likeness (QED) is 0.865. The number of rotatable bonds is 3. The molecule has 0 saturated carbocycles. The molecule has 0 atom stereocenters. The molecule has 6 heteroatoms. The lowest BCUT2D eigenvalue weighted by Crippen LogP contribution is -2.39. The standard InChI is InChI=1S/C13H16N2O4/c16-11-5-4-10(13(18)19)8-15(11)9-12(17)14-6-2-1-3-7-14/h4-5,8H,1-3,6-7,9H2,(H,18,19). The van der Waals surface area contributed by atoms with Gasteiger partial charge in [-0.05, 0) is 25.3 Å². The summed E-state index contributed by atoms with van der Waals surface area (Å²) in [6.45, 7) is 1.33. The van der Waals surface area contributed by atoms with Crippen molar-refractivity contribution >= 4 is 11.9 Å². The first-order valence-electron chi connectivity index (χ1n) is 6.29. The number of carboxylic acids is 1. The maximum atomic E-state index is 12.0. The van der Waals surface area contributed by atoms with Gasteiger partial charge in [-0.25, -0.2) is 4.79 Å². The molecule has 2 heterocycles. The van der Waals surface area contributed by atoms with E-state index in [0.29, 0.717) is 13.1 Å². The van der Waals surface area contributed by atoms with Crippen LogP contribution in [0, 0.1) is 0 Å². The van der Waals surface area contributed by atoms with Crippen molar-refractivity contribution in [2.24, 2.45) is 0 Å². The Hall–Kier alpha value is -2.11. The Bertz CT molecular complexity index is 544. The number of aromatic carboxylic acids is 1. The van der Waals surface area contributed by atoms with Crippen molar-refractivity contribution < 1.29 is 14.7 Å².